The molecule has 10 heteroatoms. The molecule has 1 aromatic heterocycles. The summed E-state index contributed by atoms with van der Waals surface area (Å²) < 4.78 is 13.4. The zero-order valence-electron chi connectivity index (χ0n) is 18.0. The molecule has 1 saturated carbocycles. The van der Waals surface area contributed by atoms with Crippen LogP contribution in [0.1, 0.15) is 44.9 Å². The smallest absolute Gasteiger partial charge is 0.231 e. The maximum Gasteiger partial charge on any atom is 0.231 e. The van der Waals surface area contributed by atoms with E-state index in [0.29, 0.717) is 24.2 Å². The van der Waals surface area contributed by atoms with Crippen LogP contribution in [0.15, 0.2) is 18.2 Å². The van der Waals surface area contributed by atoms with E-state index >= 15 is 0 Å². The Morgan fingerprint density at radius 3 is 2.72 bits per heavy atom. The summed E-state index contributed by atoms with van der Waals surface area (Å²) in [5.74, 6) is 1.46. The second-order valence-corrected chi connectivity index (χ2v) is 10.4. The Labute approximate surface area is 196 Å². The minimum Gasteiger partial charge on any atom is -0.454 e. The first kappa shape index (κ1) is 21.7. The lowest BCUT2D eigenvalue weighted by Crippen LogP contribution is -2.39. The Morgan fingerprint density at radius 2 is 1.91 bits per heavy atom. The predicted molar refractivity (Wildman–Crippen MR) is 127 cm³/mol. The molecule has 1 aliphatic carbocycles. The Morgan fingerprint density at radius 1 is 1.12 bits per heavy atom. The lowest BCUT2D eigenvalue weighted by Gasteiger charge is -2.31. The summed E-state index contributed by atoms with van der Waals surface area (Å²) >= 11 is 7.11. The van der Waals surface area contributed by atoms with Gasteiger partial charge in [0, 0.05) is 36.8 Å². The van der Waals surface area contributed by atoms with Gasteiger partial charge in [-0.3, -0.25) is 9.69 Å². The number of benzene rings is 1. The van der Waals surface area contributed by atoms with Crippen LogP contribution in [0, 0.1) is 9.87 Å². The maximum absolute atomic E-state index is 12.7. The summed E-state index contributed by atoms with van der Waals surface area (Å²) in [4.78, 5) is 15.1. The average molecular weight is 476 g/mol. The zero-order valence-corrected chi connectivity index (χ0v) is 19.7. The van der Waals surface area contributed by atoms with Gasteiger partial charge in [-0.05, 0) is 50.0 Å². The summed E-state index contributed by atoms with van der Waals surface area (Å²) in [6, 6.07) is 6.02. The number of amides is 1. The fraction of sp³-hybridized carbons (Fsp3) is 0.591. The highest BCUT2D eigenvalue weighted by molar-refractivity contribution is 7.73. The van der Waals surface area contributed by atoms with Crippen molar-refractivity contribution in [2.75, 3.05) is 30.5 Å². The van der Waals surface area contributed by atoms with Gasteiger partial charge in [0.1, 0.15) is 0 Å². The number of carbonyl (C=O) groups is 1. The molecule has 172 valence electrons. The largest absolute Gasteiger partial charge is 0.454 e. The highest BCUT2D eigenvalue weighted by Gasteiger charge is 2.26. The molecule has 32 heavy (non-hydrogen) atoms. The molecule has 3 heterocycles. The summed E-state index contributed by atoms with van der Waals surface area (Å²) in [6.45, 7) is 2.61. The summed E-state index contributed by atoms with van der Waals surface area (Å²) in [6.07, 6.45) is 8.00. The third kappa shape index (κ3) is 5.07. The van der Waals surface area contributed by atoms with Crippen LogP contribution in [-0.2, 0) is 11.5 Å². The molecular weight excluding hydrogens is 446 g/mol. The van der Waals surface area contributed by atoms with Crippen LogP contribution < -0.4 is 20.1 Å². The van der Waals surface area contributed by atoms with Crippen molar-refractivity contribution in [3.05, 3.63) is 22.2 Å². The number of likely N-dealkylation sites (tertiary alicyclic amines) is 1. The second-order valence-electron chi connectivity index (χ2n) is 8.74. The number of ether oxygens (including phenoxy) is 2. The number of anilines is 2. The van der Waals surface area contributed by atoms with Gasteiger partial charge in [0.05, 0.1) is 6.67 Å². The number of piperidine rings is 1. The Bertz CT molecular complexity index is 1010. The third-order valence-corrected chi connectivity index (χ3v) is 7.71. The molecule has 0 spiro atoms. The minimum absolute atomic E-state index is 0.00334. The van der Waals surface area contributed by atoms with E-state index < -0.39 is 0 Å². The molecule has 1 aromatic carbocycles. The molecule has 0 radical (unpaired) electrons. The van der Waals surface area contributed by atoms with Crippen LogP contribution in [0.3, 0.4) is 0 Å². The lowest BCUT2D eigenvalue weighted by molar-refractivity contribution is -0.121. The van der Waals surface area contributed by atoms with Crippen molar-refractivity contribution in [2.45, 2.75) is 57.7 Å². The Hall–Kier alpha value is -2.17. The fourth-order valence-electron chi connectivity index (χ4n) is 4.62. The number of aromatic nitrogens is 2. The number of hydrogen-bond donors (Lipinski definition) is 2. The number of hydrogen-bond acceptors (Lipinski definition) is 8. The van der Waals surface area contributed by atoms with E-state index in [1.165, 1.54) is 32.1 Å². The molecular formula is C22H29N5O3S2. The monoisotopic (exact) mass is 475 g/mol. The normalized spacial score (nSPS) is 19.8. The Kier molecular flexibility index (Phi) is 6.61. The van der Waals surface area contributed by atoms with Crippen molar-refractivity contribution in [3.63, 3.8) is 0 Å². The quantitative estimate of drug-likeness (QED) is 0.597. The van der Waals surface area contributed by atoms with Gasteiger partial charge < -0.3 is 20.1 Å². The van der Waals surface area contributed by atoms with Crippen LogP contribution in [-0.4, -0.2) is 46.5 Å². The van der Waals surface area contributed by atoms with E-state index in [0.717, 1.165) is 40.7 Å². The van der Waals surface area contributed by atoms with Gasteiger partial charge in [-0.25, -0.2) is 4.68 Å². The molecule has 2 fully saturated rings. The SMILES string of the molecule is O=C(Nc1ccc2c(c1)OCO2)C1CCN(Cn2nc(NC3CCCCC3)sc2=S)CC1. The molecule has 5 rings (SSSR count). The van der Waals surface area contributed by atoms with Gasteiger partial charge in [0.15, 0.2) is 15.5 Å². The first-order chi connectivity index (χ1) is 15.6. The second kappa shape index (κ2) is 9.76. The highest BCUT2D eigenvalue weighted by atomic mass is 32.1. The molecule has 1 amide bonds. The number of nitrogens with one attached hydrogen (secondary N) is 2. The molecule has 2 aromatic rings. The summed E-state index contributed by atoms with van der Waals surface area (Å²) in [5.41, 5.74) is 0.744. The van der Waals surface area contributed by atoms with Gasteiger partial charge in [-0.15, -0.1) is 5.10 Å². The molecule has 0 atom stereocenters. The van der Waals surface area contributed by atoms with Crippen LogP contribution >= 0.6 is 23.6 Å². The van der Waals surface area contributed by atoms with Crippen molar-refractivity contribution in [3.8, 4) is 11.5 Å². The average Bonchev–Trinajstić information content (AvgIpc) is 3.40. The minimum atomic E-state index is 0.00334. The first-order valence-corrected chi connectivity index (χ1v) is 12.6. The molecule has 0 bridgehead atoms. The number of carbonyl (C=O) groups excluding carboxylic acids is 1. The van der Waals surface area contributed by atoms with Crippen molar-refractivity contribution < 1.29 is 14.3 Å². The van der Waals surface area contributed by atoms with E-state index in [1.54, 1.807) is 11.3 Å². The van der Waals surface area contributed by atoms with Crippen LogP contribution in [0.4, 0.5) is 10.8 Å². The number of rotatable bonds is 6. The number of nitrogens with zero attached hydrogens (tertiary/aromatic N) is 3. The fourth-order valence-corrected chi connectivity index (χ4v) is 5.69. The van der Waals surface area contributed by atoms with E-state index in [2.05, 4.69) is 15.5 Å². The Balaban J connectivity index is 1.11. The topological polar surface area (TPSA) is 80.7 Å². The zero-order chi connectivity index (χ0) is 21.9. The molecule has 1 saturated heterocycles. The lowest BCUT2D eigenvalue weighted by atomic mass is 9.96. The van der Waals surface area contributed by atoms with Crippen molar-refractivity contribution in [2.24, 2.45) is 5.92 Å². The van der Waals surface area contributed by atoms with Gasteiger partial charge in [-0.1, -0.05) is 30.6 Å². The number of fused-ring (bicyclic) bond motifs is 1. The van der Waals surface area contributed by atoms with Crippen LogP contribution in [0.25, 0.3) is 0 Å². The molecule has 2 aliphatic heterocycles. The molecule has 0 unspecified atom stereocenters. The van der Waals surface area contributed by atoms with Gasteiger partial charge in [0.2, 0.25) is 17.8 Å². The highest BCUT2D eigenvalue weighted by Crippen LogP contribution is 2.34. The van der Waals surface area contributed by atoms with Crippen molar-refractivity contribution in [1.29, 1.82) is 0 Å². The van der Waals surface area contributed by atoms with Crippen LogP contribution in [0.5, 0.6) is 11.5 Å². The van der Waals surface area contributed by atoms with E-state index in [9.17, 15) is 4.79 Å². The maximum atomic E-state index is 12.7. The van der Waals surface area contributed by atoms with E-state index in [-0.39, 0.29) is 18.6 Å². The van der Waals surface area contributed by atoms with Gasteiger partial charge in [0.25, 0.3) is 0 Å². The molecule has 8 nitrogen and oxygen atoms in total. The van der Waals surface area contributed by atoms with Gasteiger partial charge >= 0.3 is 0 Å². The van der Waals surface area contributed by atoms with Crippen molar-refractivity contribution in [1.82, 2.24) is 14.7 Å². The van der Waals surface area contributed by atoms with Crippen molar-refractivity contribution >= 4 is 40.3 Å². The van der Waals surface area contributed by atoms with Crippen LogP contribution in [0.2, 0.25) is 0 Å². The first-order valence-electron chi connectivity index (χ1n) is 11.4. The predicted octanol–water partition coefficient (Wildman–Crippen LogP) is 4.46. The molecule has 2 N–H and O–H groups in total. The molecule has 3 aliphatic rings. The summed E-state index contributed by atoms with van der Waals surface area (Å²) in [5, 5.41) is 12.2. The van der Waals surface area contributed by atoms with E-state index in [4.69, 9.17) is 26.8 Å². The van der Waals surface area contributed by atoms with E-state index in [1.807, 2.05) is 22.9 Å². The standard InChI is InChI=1S/C22H29N5O3S2/c28-20(23-17-6-7-18-19(12-17)30-14-29-18)15-8-10-26(11-9-15)13-27-22(31)32-21(25-27)24-16-4-2-1-3-5-16/h6-7,12,15-16H,1-5,8-11,13-14H2,(H,23,28)(H,24,25). The van der Waals surface area contributed by atoms with Gasteiger partial charge in [-0.2, -0.15) is 0 Å². The summed E-state index contributed by atoms with van der Waals surface area (Å²) in [7, 11) is 0. The third-order valence-electron chi connectivity index (χ3n) is 6.47.